The van der Waals surface area contributed by atoms with E-state index in [-0.39, 0.29) is 17.8 Å². The zero-order valence-electron chi connectivity index (χ0n) is 16.1. The van der Waals surface area contributed by atoms with Crippen molar-refractivity contribution in [3.05, 3.63) is 47.8 Å². The number of nitrogens with one attached hydrogen (secondary N) is 2. The van der Waals surface area contributed by atoms with Gasteiger partial charge < -0.3 is 15.2 Å². The maximum atomic E-state index is 13.7. The van der Waals surface area contributed by atoms with Crippen LogP contribution in [0.4, 0.5) is 10.1 Å². The average molecular weight is 368 g/mol. The third kappa shape index (κ3) is 4.01. The maximum Gasteiger partial charge on any atom is 0.225 e. The van der Waals surface area contributed by atoms with Gasteiger partial charge in [-0.1, -0.05) is 0 Å². The first kappa shape index (κ1) is 19.0. The molecule has 0 unspecified atom stereocenters. The van der Waals surface area contributed by atoms with Gasteiger partial charge in [0.1, 0.15) is 11.6 Å². The van der Waals surface area contributed by atoms with E-state index in [2.05, 4.69) is 24.5 Å². The number of carbonyl (C=O) groups is 1. The molecule has 142 valence electrons. The number of aromatic nitrogens is 2. The summed E-state index contributed by atoms with van der Waals surface area (Å²) in [6, 6.07) is 10.6. The Labute approximate surface area is 158 Å². The van der Waals surface area contributed by atoms with Crippen molar-refractivity contribution >= 4 is 22.6 Å². The minimum Gasteiger partial charge on any atom is -0.326 e. The largest absolute Gasteiger partial charge is 0.326 e. The number of amides is 1. The molecule has 2 aromatic carbocycles. The molecular formula is C21H25FN4O. The van der Waals surface area contributed by atoms with Crippen LogP contribution in [0.15, 0.2) is 36.4 Å². The zero-order chi connectivity index (χ0) is 19.6. The fourth-order valence-electron chi connectivity index (χ4n) is 3.19. The predicted octanol–water partition coefficient (Wildman–Crippen LogP) is 4.28. The van der Waals surface area contributed by atoms with Crippen LogP contribution in [0.25, 0.3) is 22.4 Å². The molecule has 0 fully saturated rings. The number of nitrogens with zero attached hydrogens (tertiary/aromatic N) is 2. The SMILES string of the molecule is CNCCC(=O)Nc1ccc(-c2nc3ccc(F)cc3n2C(C)C)cc1C. The molecule has 6 heteroatoms. The van der Waals surface area contributed by atoms with E-state index in [1.54, 1.807) is 6.07 Å². The zero-order valence-corrected chi connectivity index (χ0v) is 16.1. The Morgan fingerprint density at radius 1 is 1.22 bits per heavy atom. The third-order valence-electron chi connectivity index (χ3n) is 4.53. The van der Waals surface area contributed by atoms with Gasteiger partial charge in [0.25, 0.3) is 0 Å². The van der Waals surface area contributed by atoms with Gasteiger partial charge in [0.15, 0.2) is 0 Å². The number of anilines is 1. The Morgan fingerprint density at radius 2 is 2.00 bits per heavy atom. The van der Waals surface area contributed by atoms with Gasteiger partial charge in [-0.3, -0.25) is 4.79 Å². The number of benzene rings is 2. The number of imidazole rings is 1. The highest BCUT2D eigenvalue weighted by molar-refractivity contribution is 5.92. The van der Waals surface area contributed by atoms with E-state index in [1.807, 2.05) is 36.7 Å². The van der Waals surface area contributed by atoms with Crippen LogP contribution in [0, 0.1) is 12.7 Å². The van der Waals surface area contributed by atoms with Crippen LogP contribution in [-0.2, 0) is 4.79 Å². The van der Waals surface area contributed by atoms with Gasteiger partial charge in [-0.15, -0.1) is 0 Å². The Morgan fingerprint density at radius 3 is 2.67 bits per heavy atom. The maximum absolute atomic E-state index is 13.7. The highest BCUT2D eigenvalue weighted by Gasteiger charge is 2.16. The number of carbonyl (C=O) groups excluding carboxylic acids is 1. The van der Waals surface area contributed by atoms with Crippen molar-refractivity contribution in [3.63, 3.8) is 0 Å². The summed E-state index contributed by atoms with van der Waals surface area (Å²) >= 11 is 0. The molecule has 1 amide bonds. The summed E-state index contributed by atoms with van der Waals surface area (Å²) in [6.45, 7) is 6.70. The quantitative estimate of drug-likeness (QED) is 0.683. The minimum absolute atomic E-state index is 0.0231. The predicted molar refractivity (Wildman–Crippen MR) is 107 cm³/mol. The smallest absolute Gasteiger partial charge is 0.225 e. The summed E-state index contributed by atoms with van der Waals surface area (Å²) in [6.07, 6.45) is 0.423. The van der Waals surface area contributed by atoms with Gasteiger partial charge in [0.2, 0.25) is 5.91 Å². The lowest BCUT2D eigenvalue weighted by Gasteiger charge is -2.15. The summed E-state index contributed by atoms with van der Waals surface area (Å²) in [4.78, 5) is 16.7. The molecule has 1 heterocycles. The summed E-state index contributed by atoms with van der Waals surface area (Å²) in [5.74, 6) is 0.499. The minimum atomic E-state index is -0.272. The Kier molecular flexibility index (Phi) is 5.56. The summed E-state index contributed by atoms with van der Waals surface area (Å²) in [7, 11) is 1.82. The van der Waals surface area contributed by atoms with Crippen molar-refractivity contribution < 1.29 is 9.18 Å². The Balaban J connectivity index is 1.98. The Hall–Kier alpha value is -2.73. The van der Waals surface area contributed by atoms with Crippen LogP contribution in [-0.4, -0.2) is 29.1 Å². The van der Waals surface area contributed by atoms with E-state index in [0.717, 1.165) is 33.7 Å². The molecule has 3 aromatic rings. The lowest BCUT2D eigenvalue weighted by atomic mass is 10.1. The molecule has 0 aliphatic rings. The molecule has 3 rings (SSSR count). The molecule has 0 aliphatic heterocycles. The lowest BCUT2D eigenvalue weighted by molar-refractivity contribution is -0.116. The topological polar surface area (TPSA) is 59.0 Å². The van der Waals surface area contributed by atoms with E-state index < -0.39 is 0 Å². The van der Waals surface area contributed by atoms with Crippen molar-refractivity contribution in [2.45, 2.75) is 33.2 Å². The molecule has 0 spiro atoms. The van der Waals surface area contributed by atoms with E-state index in [9.17, 15) is 9.18 Å². The van der Waals surface area contributed by atoms with Crippen molar-refractivity contribution in [2.75, 3.05) is 18.9 Å². The molecule has 5 nitrogen and oxygen atoms in total. The number of rotatable bonds is 6. The first-order valence-corrected chi connectivity index (χ1v) is 9.13. The standard InChI is InChI=1S/C21H25FN4O/c1-13(2)26-19-12-16(22)6-8-18(19)25-21(26)15-5-7-17(14(3)11-15)24-20(27)9-10-23-4/h5-8,11-13,23H,9-10H2,1-4H3,(H,24,27). The molecule has 1 aromatic heterocycles. The molecule has 0 bridgehead atoms. The highest BCUT2D eigenvalue weighted by Crippen LogP contribution is 2.31. The fourth-order valence-corrected chi connectivity index (χ4v) is 3.19. The Bertz CT molecular complexity index is 978. The van der Waals surface area contributed by atoms with Crippen molar-refractivity contribution in [1.29, 1.82) is 0 Å². The summed E-state index contributed by atoms with van der Waals surface area (Å²) in [5, 5.41) is 5.90. The van der Waals surface area contributed by atoms with E-state index in [1.165, 1.54) is 12.1 Å². The average Bonchev–Trinajstić information content (AvgIpc) is 3.00. The van der Waals surface area contributed by atoms with Crippen molar-refractivity contribution in [2.24, 2.45) is 0 Å². The van der Waals surface area contributed by atoms with E-state index in [4.69, 9.17) is 4.98 Å². The van der Waals surface area contributed by atoms with Gasteiger partial charge >= 0.3 is 0 Å². The van der Waals surface area contributed by atoms with Gasteiger partial charge in [0, 0.05) is 30.3 Å². The molecule has 0 saturated carbocycles. The second kappa shape index (κ2) is 7.88. The van der Waals surface area contributed by atoms with Gasteiger partial charge in [0.05, 0.1) is 11.0 Å². The van der Waals surface area contributed by atoms with Crippen LogP contribution in [0.1, 0.15) is 31.9 Å². The van der Waals surface area contributed by atoms with Crippen LogP contribution in [0.5, 0.6) is 0 Å². The van der Waals surface area contributed by atoms with Gasteiger partial charge in [-0.2, -0.15) is 0 Å². The van der Waals surface area contributed by atoms with Gasteiger partial charge in [-0.25, -0.2) is 9.37 Å². The number of aryl methyl sites for hydroxylation is 1. The van der Waals surface area contributed by atoms with E-state index >= 15 is 0 Å². The summed E-state index contributed by atoms with van der Waals surface area (Å²) in [5.41, 5.74) is 4.23. The second-order valence-corrected chi connectivity index (χ2v) is 6.96. The number of hydrogen-bond donors (Lipinski definition) is 2. The molecule has 0 aliphatic carbocycles. The fraction of sp³-hybridized carbons (Fsp3) is 0.333. The molecule has 2 N–H and O–H groups in total. The van der Waals surface area contributed by atoms with Crippen LogP contribution >= 0.6 is 0 Å². The third-order valence-corrected chi connectivity index (χ3v) is 4.53. The molecule has 0 atom stereocenters. The van der Waals surface area contributed by atoms with Crippen LogP contribution < -0.4 is 10.6 Å². The van der Waals surface area contributed by atoms with Crippen molar-refractivity contribution in [1.82, 2.24) is 14.9 Å². The van der Waals surface area contributed by atoms with Gasteiger partial charge in [-0.05, 0) is 69.8 Å². The number of fused-ring (bicyclic) bond motifs is 1. The van der Waals surface area contributed by atoms with Crippen LogP contribution in [0.3, 0.4) is 0 Å². The number of halogens is 1. The molecule has 27 heavy (non-hydrogen) atoms. The molecule has 0 radical (unpaired) electrons. The second-order valence-electron chi connectivity index (χ2n) is 6.96. The first-order valence-electron chi connectivity index (χ1n) is 9.13. The lowest BCUT2D eigenvalue weighted by Crippen LogP contribution is -2.19. The summed E-state index contributed by atoms with van der Waals surface area (Å²) < 4.78 is 15.8. The molecular weight excluding hydrogens is 343 g/mol. The monoisotopic (exact) mass is 368 g/mol. The highest BCUT2D eigenvalue weighted by atomic mass is 19.1. The van der Waals surface area contributed by atoms with Crippen molar-refractivity contribution in [3.8, 4) is 11.4 Å². The normalized spacial score (nSPS) is 11.3. The van der Waals surface area contributed by atoms with E-state index in [0.29, 0.717) is 13.0 Å². The van der Waals surface area contributed by atoms with Crippen LogP contribution in [0.2, 0.25) is 0 Å². The first-order chi connectivity index (χ1) is 12.9. The molecule has 0 saturated heterocycles. The number of hydrogen-bond acceptors (Lipinski definition) is 3.